The van der Waals surface area contributed by atoms with Gasteiger partial charge >= 0.3 is 5.97 Å². The second-order valence-electron chi connectivity index (χ2n) is 6.73. The number of carbonyl (C=O) groups excluding carboxylic acids is 2. The van der Waals surface area contributed by atoms with E-state index in [0.29, 0.717) is 5.56 Å². The van der Waals surface area contributed by atoms with Gasteiger partial charge in [-0.1, -0.05) is 12.1 Å². The average Bonchev–Trinajstić information content (AvgIpc) is 2.62. The summed E-state index contributed by atoms with van der Waals surface area (Å²) in [6.45, 7) is 5.10. The van der Waals surface area contributed by atoms with Crippen molar-refractivity contribution in [3.63, 3.8) is 0 Å². The molecule has 0 aliphatic rings. The normalized spacial score (nSPS) is 12.3. The van der Waals surface area contributed by atoms with Crippen molar-refractivity contribution in [3.8, 4) is 0 Å². The molecule has 2 aromatic rings. The lowest BCUT2D eigenvalue weighted by molar-refractivity contribution is -0.154. The molecule has 2 rings (SSSR count). The SMILES string of the molecule is CC(C)NC(=O)[C@H](C)OC(=O)Cc1ccc(NS(=O)(=O)c2ccc(F)cc2)cc1. The molecule has 0 saturated heterocycles. The fourth-order valence-corrected chi connectivity index (χ4v) is 3.44. The van der Waals surface area contributed by atoms with Gasteiger partial charge in [-0.25, -0.2) is 12.8 Å². The van der Waals surface area contributed by atoms with Gasteiger partial charge in [0.1, 0.15) is 5.82 Å². The van der Waals surface area contributed by atoms with Crippen molar-refractivity contribution in [2.45, 2.75) is 44.2 Å². The third kappa shape index (κ3) is 6.86. The molecule has 0 aliphatic carbocycles. The Balaban J connectivity index is 1.95. The van der Waals surface area contributed by atoms with Crippen molar-refractivity contribution in [2.75, 3.05) is 4.72 Å². The van der Waals surface area contributed by atoms with Gasteiger partial charge in [-0.2, -0.15) is 0 Å². The number of ether oxygens (including phenoxy) is 1. The number of anilines is 1. The third-order valence-electron chi connectivity index (χ3n) is 3.79. The highest BCUT2D eigenvalue weighted by Gasteiger charge is 2.19. The fourth-order valence-electron chi connectivity index (χ4n) is 2.38. The van der Waals surface area contributed by atoms with Crippen LogP contribution in [-0.2, 0) is 30.8 Å². The molecule has 156 valence electrons. The van der Waals surface area contributed by atoms with Gasteiger partial charge in [-0.15, -0.1) is 0 Å². The molecule has 0 spiro atoms. The van der Waals surface area contributed by atoms with E-state index in [4.69, 9.17) is 4.74 Å². The quantitative estimate of drug-likeness (QED) is 0.637. The van der Waals surface area contributed by atoms with Crippen LogP contribution >= 0.6 is 0 Å². The van der Waals surface area contributed by atoms with E-state index in [-0.39, 0.29) is 29.0 Å². The molecule has 2 aromatic carbocycles. The molecule has 29 heavy (non-hydrogen) atoms. The number of sulfonamides is 1. The highest BCUT2D eigenvalue weighted by atomic mass is 32.2. The van der Waals surface area contributed by atoms with Crippen LogP contribution in [-0.4, -0.2) is 32.4 Å². The molecule has 9 heteroatoms. The van der Waals surface area contributed by atoms with Crippen LogP contribution in [0.2, 0.25) is 0 Å². The summed E-state index contributed by atoms with van der Waals surface area (Å²) in [7, 11) is -3.85. The van der Waals surface area contributed by atoms with E-state index >= 15 is 0 Å². The van der Waals surface area contributed by atoms with E-state index in [9.17, 15) is 22.4 Å². The molecule has 0 fully saturated rings. The molecule has 2 N–H and O–H groups in total. The first-order valence-electron chi connectivity index (χ1n) is 8.94. The second-order valence-corrected chi connectivity index (χ2v) is 8.41. The third-order valence-corrected chi connectivity index (χ3v) is 5.18. The van der Waals surface area contributed by atoms with Crippen LogP contribution in [0.1, 0.15) is 26.3 Å². The second kappa shape index (κ2) is 9.51. The molecular weight excluding hydrogens is 399 g/mol. The number of benzene rings is 2. The number of rotatable bonds is 8. The average molecular weight is 422 g/mol. The van der Waals surface area contributed by atoms with Gasteiger partial charge in [-0.3, -0.25) is 14.3 Å². The largest absolute Gasteiger partial charge is 0.452 e. The summed E-state index contributed by atoms with van der Waals surface area (Å²) < 4.78 is 45.0. The minimum absolute atomic E-state index is 0.0603. The Morgan fingerprint density at radius 1 is 1.00 bits per heavy atom. The summed E-state index contributed by atoms with van der Waals surface area (Å²) in [5.41, 5.74) is 0.882. The van der Waals surface area contributed by atoms with Crippen LogP contribution in [0.4, 0.5) is 10.1 Å². The van der Waals surface area contributed by atoms with E-state index in [2.05, 4.69) is 10.0 Å². The maximum Gasteiger partial charge on any atom is 0.311 e. The summed E-state index contributed by atoms with van der Waals surface area (Å²) in [6.07, 6.45) is -0.976. The first-order chi connectivity index (χ1) is 13.6. The van der Waals surface area contributed by atoms with Crippen LogP contribution in [0.3, 0.4) is 0 Å². The Labute approximate surface area is 169 Å². The van der Waals surface area contributed by atoms with E-state index in [0.717, 1.165) is 12.1 Å². The van der Waals surface area contributed by atoms with Gasteiger partial charge in [0, 0.05) is 11.7 Å². The highest BCUT2D eigenvalue weighted by Crippen LogP contribution is 2.17. The van der Waals surface area contributed by atoms with Crippen LogP contribution < -0.4 is 10.0 Å². The van der Waals surface area contributed by atoms with E-state index < -0.39 is 27.9 Å². The summed E-state index contributed by atoms with van der Waals surface area (Å²) in [4.78, 5) is 23.7. The highest BCUT2D eigenvalue weighted by molar-refractivity contribution is 7.92. The van der Waals surface area contributed by atoms with Crippen molar-refractivity contribution < 1.29 is 27.1 Å². The van der Waals surface area contributed by atoms with Gasteiger partial charge < -0.3 is 10.1 Å². The number of nitrogens with one attached hydrogen (secondary N) is 2. The van der Waals surface area contributed by atoms with E-state index in [1.807, 2.05) is 0 Å². The van der Waals surface area contributed by atoms with Gasteiger partial charge in [0.25, 0.3) is 15.9 Å². The summed E-state index contributed by atoms with van der Waals surface area (Å²) >= 11 is 0. The smallest absolute Gasteiger partial charge is 0.311 e. The lowest BCUT2D eigenvalue weighted by atomic mass is 10.1. The number of hydrogen-bond donors (Lipinski definition) is 2. The summed E-state index contributed by atoms with van der Waals surface area (Å²) in [5, 5.41) is 2.66. The van der Waals surface area contributed by atoms with Crippen molar-refractivity contribution in [3.05, 3.63) is 59.9 Å². The van der Waals surface area contributed by atoms with Crippen molar-refractivity contribution in [1.82, 2.24) is 5.32 Å². The number of esters is 1. The van der Waals surface area contributed by atoms with Crippen LogP contribution in [0.15, 0.2) is 53.4 Å². The Kier molecular flexibility index (Phi) is 7.33. The molecule has 1 amide bonds. The van der Waals surface area contributed by atoms with Crippen molar-refractivity contribution in [2.24, 2.45) is 0 Å². The standard InChI is InChI=1S/C20H23FN2O5S/c1-13(2)22-20(25)14(3)28-19(24)12-15-4-8-17(9-5-15)23-29(26,27)18-10-6-16(21)7-11-18/h4-11,13-14,23H,12H2,1-3H3,(H,22,25)/t14-/m0/s1. The molecule has 7 nitrogen and oxygen atoms in total. The number of carbonyl (C=O) groups is 2. The minimum Gasteiger partial charge on any atom is -0.452 e. The summed E-state index contributed by atoms with van der Waals surface area (Å²) in [5.74, 6) is -1.48. The molecule has 0 saturated carbocycles. The Morgan fingerprint density at radius 2 is 1.59 bits per heavy atom. The van der Waals surface area contributed by atoms with Gasteiger partial charge in [-0.05, 0) is 62.7 Å². The van der Waals surface area contributed by atoms with Crippen LogP contribution in [0.5, 0.6) is 0 Å². The Hall–Kier alpha value is -2.94. The Morgan fingerprint density at radius 3 is 2.14 bits per heavy atom. The monoisotopic (exact) mass is 422 g/mol. The van der Waals surface area contributed by atoms with Crippen molar-refractivity contribution >= 4 is 27.6 Å². The lowest BCUT2D eigenvalue weighted by Crippen LogP contribution is -2.39. The molecule has 0 aromatic heterocycles. The van der Waals surface area contributed by atoms with Gasteiger partial charge in [0.2, 0.25) is 0 Å². The zero-order valence-corrected chi connectivity index (χ0v) is 17.1. The number of halogens is 1. The molecule has 0 radical (unpaired) electrons. The maximum absolute atomic E-state index is 13.0. The Bertz CT molecular complexity index is 957. The zero-order chi connectivity index (χ0) is 21.6. The van der Waals surface area contributed by atoms with Gasteiger partial charge in [0.15, 0.2) is 6.10 Å². The topological polar surface area (TPSA) is 102 Å². The first-order valence-corrected chi connectivity index (χ1v) is 10.4. The lowest BCUT2D eigenvalue weighted by Gasteiger charge is -2.15. The van der Waals surface area contributed by atoms with Crippen molar-refractivity contribution in [1.29, 1.82) is 0 Å². The van der Waals surface area contributed by atoms with E-state index in [1.54, 1.807) is 26.0 Å². The van der Waals surface area contributed by atoms with Crippen LogP contribution in [0, 0.1) is 5.82 Å². The molecule has 0 heterocycles. The molecular formula is C20H23FN2O5S. The fraction of sp³-hybridized carbons (Fsp3) is 0.300. The number of amides is 1. The first kappa shape index (κ1) is 22.4. The number of hydrogen-bond acceptors (Lipinski definition) is 5. The van der Waals surface area contributed by atoms with E-state index in [1.165, 1.54) is 31.2 Å². The predicted molar refractivity (Wildman–Crippen MR) is 106 cm³/mol. The minimum atomic E-state index is -3.85. The molecule has 0 aliphatic heterocycles. The molecule has 0 bridgehead atoms. The predicted octanol–water partition coefficient (Wildman–Crippen LogP) is 2.63. The molecule has 1 atom stereocenters. The maximum atomic E-state index is 13.0. The summed E-state index contributed by atoms with van der Waals surface area (Å²) in [6, 6.07) is 10.5. The zero-order valence-electron chi connectivity index (χ0n) is 16.3. The van der Waals surface area contributed by atoms with Crippen LogP contribution in [0.25, 0.3) is 0 Å². The molecule has 0 unspecified atom stereocenters. The van der Waals surface area contributed by atoms with Gasteiger partial charge in [0.05, 0.1) is 11.3 Å².